The van der Waals surface area contributed by atoms with Gasteiger partial charge in [-0.1, -0.05) is 166 Å². The fraction of sp³-hybridized carbons (Fsp3) is 0.226. The van der Waals surface area contributed by atoms with Crippen molar-refractivity contribution in [3.8, 4) is 33.4 Å². The van der Waals surface area contributed by atoms with Crippen LogP contribution >= 0.6 is 11.8 Å². The monoisotopic (exact) mass is 725 g/mol. The van der Waals surface area contributed by atoms with Crippen molar-refractivity contribution in [2.24, 2.45) is 11.8 Å². The Morgan fingerprint density at radius 3 is 2.18 bits per heavy atom. The van der Waals surface area contributed by atoms with Crippen molar-refractivity contribution in [2.45, 2.75) is 61.0 Å². The summed E-state index contributed by atoms with van der Waals surface area (Å²) in [6.07, 6.45) is 24.7. The van der Waals surface area contributed by atoms with E-state index in [1.54, 1.807) is 0 Å². The van der Waals surface area contributed by atoms with Crippen LogP contribution in [0, 0.1) is 11.8 Å². The third kappa shape index (κ3) is 3.99. The van der Waals surface area contributed by atoms with Crippen LogP contribution in [-0.2, 0) is 21.7 Å². The second-order valence-electron chi connectivity index (χ2n) is 17.8. The molecule has 5 unspecified atom stereocenters. The first-order chi connectivity index (χ1) is 26.7. The molecule has 4 aromatic carbocycles. The van der Waals surface area contributed by atoms with E-state index in [-0.39, 0.29) is 27.6 Å². The maximum atomic E-state index is 5.86. The number of aromatic nitrogens is 1. The van der Waals surface area contributed by atoms with Gasteiger partial charge in [-0.15, -0.1) is 11.8 Å². The Bertz CT molecular complexity index is 2700. The summed E-state index contributed by atoms with van der Waals surface area (Å²) in [4.78, 5) is 7.33. The second-order valence-corrected chi connectivity index (χ2v) is 19.0. The predicted molar refractivity (Wildman–Crippen MR) is 229 cm³/mol. The van der Waals surface area contributed by atoms with Gasteiger partial charge >= 0.3 is 0 Å². The van der Waals surface area contributed by atoms with Crippen molar-refractivity contribution in [3.63, 3.8) is 0 Å². The maximum Gasteiger partial charge on any atom is 0.0586 e. The molecule has 1 fully saturated rings. The van der Waals surface area contributed by atoms with E-state index in [1.165, 1.54) is 83.1 Å². The quantitative estimate of drug-likeness (QED) is 0.180. The molecule has 0 N–H and O–H groups in total. The van der Waals surface area contributed by atoms with Crippen LogP contribution in [0.4, 0.5) is 0 Å². The molecule has 0 saturated carbocycles. The Kier molecular flexibility index (Phi) is 6.28. The summed E-state index contributed by atoms with van der Waals surface area (Å²) >= 11 is 2.04. The number of benzene rings is 4. The molecule has 1 spiro atoms. The summed E-state index contributed by atoms with van der Waals surface area (Å²) in [7, 11) is 0. The number of thioether (sulfide) groups is 1. The average Bonchev–Trinajstić information content (AvgIpc) is 3.87. The molecule has 2 heterocycles. The van der Waals surface area contributed by atoms with Crippen LogP contribution in [-0.4, -0.2) is 10.2 Å². The van der Waals surface area contributed by atoms with Crippen LogP contribution in [0.25, 0.3) is 33.4 Å². The topological polar surface area (TPSA) is 12.9 Å². The normalized spacial score (nSPS) is 28.4. The van der Waals surface area contributed by atoms with Gasteiger partial charge in [0, 0.05) is 43.8 Å². The van der Waals surface area contributed by atoms with Crippen molar-refractivity contribution in [1.29, 1.82) is 0 Å². The lowest BCUT2D eigenvalue weighted by atomic mass is 9.62. The minimum absolute atomic E-state index is 0.0486. The van der Waals surface area contributed by atoms with Gasteiger partial charge in [-0.25, -0.2) is 0 Å². The van der Waals surface area contributed by atoms with E-state index in [0.717, 1.165) is 6.42 Å². The molecule has 1 aliphatic heterocycles. The molecule has 5 aromatic rings. The largest absolute Gasteiger partial charge is 0.255 e. The minimum Gasteiger partial charge on any atom is -0.255 e. The van der Waals surface area contributed by atoms with E-state index < -0.39 is 0 Å². The average molecular weight is 726 g/mol. The lowest BCUT2D eigenvalue weighted by Gasteiger charge is -2.39. The first kappa shape index (κ1) is 32.1. The molecule has 7 aliphatic rings. The van der Waals surface area contributed by atoms with Gasteiger partial charge in [0.1, 0.15) is 0 Å². The zero-order valence-electron chi connectivity index (χ0n) is 31.8. The molecule has 266 valence electrons. The standard InChI is InChI=1S/C53H43NS/c1-50(2)41-24-23-33(32-14-13-15-34(28-32)51(3)27-25-46-40(31-51)37-18-7-10-21-45(37)55-46)29-38(41)39-30-44-49(54-48(39)50)52(4)26-12-11-22-47(52)53(44)42-19-8-5-16-35(42)36-17-6-9-20-43(36)53/h5-26,28-31,37,45,47H,27H2,1-4H3. The Morgan fingerprint density at radius 1 is 0.618 bits per heavy atom. The Morgan fingerprint density at radius 2 is 1.36 bits per heavy atom. The van der Waals surface area contributed by atoms with Crippen molar-refractivity contribution >= 4 is 11.8 Å². The van der Waals surface area contributed by atoms with Crippen LogP contribution in [0.3, 0.4) is 0 Å². The number of hydrogen-bond donors (Lipinski definition) is 0. The Hall–Kier alpha value is -5.18. The van der Waals surface area contributed by atoms with Gasteiger partial charge in [0.2, 0.25) is 0 Å². The molecule has 6 aliphatic carbocycles. The van der Waals surface area contributed by atoms with Crippen LogP contribution < -0.4 is 0 Å². The number of fused-ring (bicyclic) bond motifs is 16. The van der Waals surface area contributed by atoms with Crippen LogP contribution in [0.2, 0.25) is 0 Å². The zero-order valence-corrected chi connectivity index (χ0v) is 32.6. The smallest absolute Gasteiger partial charge is 0.0586 e. The van der Waals surface area contributed by atoms with Crippen molar-refractivity contribution in [2.75, 3.05) is 0 Å². The van der Waals surface area contributed by atoms with Crippen LogP contribution in [0.1, 0.15) is 73.3 Å². The molecule has 55 heavy (non-hydrogen) atoms. The van der Waals surface area contributed by atoms with Crippen LogP contribution in [0.5, 0.6) is 0 Å². The SMILES string of the molecule is CC1(c2cccc(-c3ccc4c(c3)-c3cc5c(nc3C4(C)C)C3(C)C=CC=CC3C53c4ccccc4-c4ccccc43)c2)C=C2C(=CC1)SC1C=CC=CC21. The van der Waals surface area contributed by atoms with Gasteiger partial charge in [-0.2, -0.15) is 0 Å². The van der Waals surface area contributed by atoms with Gasteiger partial charge in [0.15, 0.2) is 0 Å². The van der Waals surface area contributed by atoms with Gasteiger partial charge in [0.05, 0.1) is 16.8 Å². The van der Waals surface area contributed by atoms with Crippen molar-refractivity contribution in [3.05, 3.63) is 208 Å². The number of rotatable bonds is 2. The molecule has 0 radical (unpaired) electrons. The number of nitrogens with zero attached hydrogens (tertiary/aromatic N) is 1. The summed E-state index contributed by atoms with van der Waals surface area (Å²) < 4.78 is 0. The number of hydrogen-bond acceptors (Lipinski definition) is 2. The molecule has 2 heteroatoms. The van der Waals surface area contributed by atoms with E-state index in [4.69, 9.17) is 4.98 Å². The molecule has 1 nitrogen and oxygen atoms in total. The molecule has 1 saturated heterocycles. The highest BCUT2D eigenvalue weighted by Gasteiger charge is 2.63. The first-order valence-electron chi connectivity index (χ1n) is 20.0. The highest BCUT2D eigenvalue weighted by Crippen LogP contribution is 2.68. The zero-order chi connectivity index (χ0) is 36.9. The molecular formula is C53H43NS. The third-order valence-electron chi connectivity index (χ3n) is 14.5. The lowest BCUT2D eigenvalue weighted by Crippen LogP contribution is -2.38. The molecule has 5 atom stereocenters. The van der Waals surface area contributed by atoms with Crippen molar-refractivity contribution < 1.29 is 0 Å². The lowest BCUT2D eigenvalue weighted by molar-refractivity contribution is 0.367. The van der Waals surface area contributed by atoms with Crippen LogP contribution in [0.15, 0.2) is 168 Å². The predicted octanol–water partition coefficient (Wildman–Crippen LogP) is 12.7. The fourth-order valence-electron chi connectivity index (χ4n) is 11.8. The summed E-state index contributed by atoms with van der Waals surface area (Å²) in [5, 5.41) is 0.526. The molecule has 0 bridgehead atoms. The summed E-state index contributed by atoms with van der Waals surface area (Å²) in [5.41, 5.74) is 17.9. The van der Waals surface area contributed by atoms with Crippen molar-refractivity contribution in [1.82, 2.24) is 4.98 Å². The maximum absolute atomic E-state index is 5.86. The van der Waals surface area contributed by atoms with Gasteiger partial charge < -0.3 is 0 Å². The summed E-state index contributed by atoms with van der Waals surface area (Å²) in [6.45, 7) is 9.61. The van der Waals surface area contributed by atoms with Gasteiger partial charge in [-0.3, -0.25) is 4.98 Å². The number of pyridine rings is 1. The fourth-order valence-corrected chi connectivity index (χ4v) is 13.2. The molecule has 1 aromatic heterocycles. The summed E-state index contributed by atoms with van der Waals surface area (Å²) in [5.74, 6) is 0.695. The number of allylic oxidation sites excluding steroid dienone is 10. The summed E-state index contributed by atoms with van der Waals surface area (Å²) in [6, 6.07) is 37.5. The second kappa shape index (κ2) is 10.8. The van der Waals surface area contributed by atoms with E-state index in [2.05, 4.69) is 186 Å². The molecule has 0 amide bonds. The minimum atomic E-state index is -0.320. The van der Waals surface area contributed by atoms with Gasteiger partial charge in [-0.05, 0) is 86.7 Å². The molecule has 12 rings (SSSR count). The third-order valence-corrected chi connectivity index (χ3v) is 15.9. The highest BCUT2D eigenvalue weighted by molar-refractivity contribution is 8.04. The van der Waals surface area contributed by atoms with E-state index in [1.807, 2.05) is 11.8 Å². The highest BCUT2D eigenvalue weighted by atomic mass is 32.2. The first-order valence-corrected chi connectivity index (χ1v) is 20.9. The van der Waals surface area contributed by atoms with E-state index in [9.17, 15) is 0 Å². The Balaban J connectivity index is 1.02. The van der Waals surface area contributed by atoms with E-state index in [0.29, 0.717) is 11.2 Å². The molecular weight excluding hydrogens is 683 g/mol. The van der Waals surface area contributed by atoms with Gasteiger partial charge in [0.25, 0.3) is 0 Å². The van der Waals surface area contributed by atoms with E-state index >= 15 is 0 Å². The Labute approximate surface area is 329 Å².